The molecule has 0 aliphatic carbocycles. The third-order valence-corrected chi connectivity index (χ3v) is 7.31. The fraction of sp³-hybridized carbons (Fsp3) is 0.423. The van der Waals surface area contributed by atoms with Crippen LogP contribution < -0.4 is 0 Å². The fourth-order valence-electron chi connectivity index (χ4n) is 5.28. The van der Waals surface area contributed by atoms with Gasteiger partial charge in [-0.2, -0.15) is 0 Å². The Morgan fingerprint density at radius 3 is 2.26 bits per heavy atom. The minimum absolute atomic E-state index is 0.00194. The smallest absolute Gasteiger partial charge is 0.270 e. The summed E-state index contributed by atoms with van der Waals surface area (Å²) in [5.41, 5.74) is -0.880. The maximum Gasteiger partial charge on any atom is 0.270 e. The number of ether oxygens (including phenoxy) is 2. The minimum Gasteiger partial charge on any atom is -0.378 e. The maximum atomic E-state index is 13.8. The fourth-order valence-corrected chi connectivity index (χ4v) is 5.28. The first kappa shape index (κ1) is 25.7. The molecule has 1 atom stereocenters. The van der Waals surface area contributed by atoms with Crippen LogP contribution in [0.5, 0.6) is 0 Å². The second-order valence-electron chi connectivity index (χ2n) is 9.49. The second kappa shape index (κ2) is 10.5. The SMILES string of the molecule is O=C(c1cccc([N+](=O)[O-])c1)N1CCC2(CC1)OCC(C(=O)N1CCOCC1)N2C(=O)c1ccc(F)cc1. The van der Waals surface area contributed by atoms with E-state index in [0.717, 1.165) is 0 Å². The molecule has 3 saturated heterocycles. The summed E-state index contributed by atoms with van der Waals surface area (Å²) >= 11 is 0. The Bertz CT molecular complexity index is 1240. The molecular weight excluding hydrogens is 499 g/mol. The summed E-state index contributed by atoms with van der Waals surface area (Å²) in [6.45, 7) is 2.07. The summed E-state index contributed by atoms with van der Waals surface area (Å²) in [6.07, 6.45) is 0.487. The first-order valence-corrected chi connectivity index (χ1v) is 12.4. The van der Waals surface area contributed by atoms with Crippen molar-refractivity contribution in [2.75, 3.05) is 46.0 Å². The zero-order valence-electron chi connectivity index (χ0n) is 20.6. The van der Waals surface area contributed by atoms with Gasteiger partial charge >= 0.3 is 0 Å². The number of morpholine rings is 1. The number of nitro groups is 1. The van der Waals surface area contributed by atoms with Crippen LogP contribution in [0.4, 0.5) is 10.1 Å². The number of carbonyl (C=O) groups is 3. The molecule has 38 heavy (non-hydrogen) atoms. The van der Waals surface area contributed by atoms with Crippen molar-refractivity contribution in [3.05, 3.63) is 75.6 Å². The van der Waals surface area contributed by atoms with Gasteiger partial charge in [-0.15, -0.1) is 0 Å². The summed E-state index contributed by atoms with van der Waals surface area (Å²) in [6, 6.07) is 9.80. The lowest BCUT2D eigenvalue weighted by molar-refractivity contribution is -0.384. The van der Waals surface area contributed by atoms with Crippen LogP contribution >= 0.6 is 0 Å². The molecule has 12 heteroatoms. The number of hydrogen-bond acceptors (Lipinski definition) is 7. The van der Waals surface area contributed by atoms with E-state index in [1.807, 2.05) is 0 Å². The van der Waals surface area contributed by atoms with E-state index in [2.05, 4.69) is 0 Å². The van der Waals surface area contributed by atoms with Crippen molar-refractivity contribution in [3.63, 3.8) is 0 Å². The molecule has 0 aromatic heterocycles. The molecule has 3 aliphatic rings. The highest BCUT2D eigenvalue weighted by Crippen LogP contribution is 2.39. The Balaban J connectivity index is 1.38. The van der Waals surface area contributed by atoms with Gasteiger partial charge in [-0.3, -0.25) is 29.4 Å². The van der Waals surface area contributed by atoms with Crippen LogP contribution in [0.3, 0.4) is 0 Å². The minimum atomic E-state index is -1.13. The van der Waals surface area contributed by atoms with Gasteiger partial charge in [0.05, 0.1) is 24.7 Å². The Kier molecular flexibility index (Phi) is 7.09. The molecule has 0 bridgehead atoms. The van der Waals surface area contributed by atoms with Gasteiger partial charge in [0.2, 0.25) is 5.91 Å². The lowest BCUT2D eigenvalue weighted by Crippen LogP contribution is -2.60. The summed E-state index contributed by atoms with van der Waals surface area (Å²) in [5.74, 6) is -1.54. The number of amides is 3. The molecule has 11 nitrogen and oxygen atoms in total. The maximum absolute atomic E-state index is 13.8. The molecule has 5 rings (SSSR count). The van der Waals surface area contributed by atoms with Gasteiger partial charge in [-0.1, -0.05) is 6.07 Å². The van der Waals surface area contributed by atoms with Crippen LogP contribution in [0, 0.1) is 15.9 Å². The summed E-state index contributed by atoms with van der Waals surface area (Å²) < 4.78 is 25.1. The predicted octanol–water partition coefficient (Wildman–Crippen LogP) is 2.07. The Hall–Kier alpha value is -3.90. The van der Waals surface area contributed by atoms with E-state index in [-0.39, 0.29) is 61.2 Å². The molecule has 1 spiro atoms. The molecule has 3 aliphatic heterocycles. The lowest BCUT2D eigenvalue weighted by Gasteiger charge is -2.45. The van der Waals surface area contributed by atoms with Crippen LogP contribution in [0.2, 0.25) is 0 Å². The Morgan fingerprint density at radius 1 is 0.921 bits per heavy atom. The Morgan fingerprint density at radius 2 is 1.61 bits per heavy atom. The molecule has 1 unspecified atom stereocenters. The van der Waals surface area contributed by atoms with Gasteiger partial charge in [-0.05, 0) is 30.3 Å². The topological polar surface area (TPSA) is 123 Å². The number of non-ortho nitro benzene ring substituents is 1. The van der Waals surface area contributed by atoms with Gasteiger partial charge in [0.25, 0.3) is 17.5 Å². The molecule has 3 amide bonds. The highest BCUT2D eigenvalue weighted by Gasteiger charge is 2.55. The molecule has 2 aromatic carbocycles. The Labute approximate surface area is 217 Å². The highest BCUT2D eigenvalue weighted by molar-refractivity contribution is 5.98. The number of halogens is 1. The van der Waals surface area contributed by atoms with Crippen LogP contribution in [-0.4, -0.2) is 95.1 Å². The number of nitro benzene ring substituents is 1. The summed E-state index contributed by atoms with van der Waals surface area (Å²) in [7, 11) is 0. The van der Waals surface area contributed by atoms with E-state index < -0.39 is 28.4 Å². The van der Waals surface area contributed by atoms with Gasteiger partial charge in [0.1, 0.15) is 17.6 Å². The van der Waals surface area contributed by atoms with Crippen molar-refractivity contribution in [1.29, 1.82) is 0 Å². The molecular formula is C26H27FN4O7. The molecule has 2 aromatic rings. The first-order chi connectivity index (χ1) is 18.3. The number of carbonyl (C=O) groups excluding carboxylic acids is 3. The van der Waals surface area contributed by atoms with Crippen molar-refractivity contribution >= 4 is 23.4 Å². The van der Waals surface area contributed by atoms with Gasteiger partial charge in [-0.25, -0.2) is 4.39 Å². The number of piperidine rings is 1. The van der Waals surface area contributed by atoms with Gasteiger partial charge < -0.3 is 19.3 Å². The summed E-state index contributed by atoms with van der Waals surface area (Å²) in [5, 5.41) is 11.1. The molecule has 0 N–H and O–H groups in total. The largest absolute Gasteiger partial charge is 0.378 e. The standard InChI is InChI=1S/C26H27FN4O7/c27-20-6-4-18(5-7-20)24(33)30-22(25(34)29-12-14-37-15-13-29)17-38-26(30)8-10-28(11-9-26)23(32)19-2-1-3-21(16-19)31(35)36/h1-7,16,22H,8-15,17H2. The number of rotatable bonds is 4. The molecule has 0 saturated carbocycles. The van der Waals surface area contributed by atoms with Crippen LogP contribution in [0.1, 0.15) is 33.6 Å². The zero-order valence-corrected chi connectivity index (χ0v) is 20.6. The number of benzene rings is 2. The highest BCUT2D eigenvalue weighted by atomic mass is 19.1. The van der Waals surface area contributed by atoms with Gasteiger partial charge in [0, 0.05) is 62.3 Å². The molecule has 3 fully saturated rings. The summed E-state index contributed by atoms with van der Waals surface area (Å²) in [4.78, 5) is 55.6. The van der Waals surface area contributed by atoms with Gasteiger partial charge in [0.15, 0.2) is 0 Å². The van der Waals surface area contributed by atoms with E-state index >= 15 is 0 Å². The van der Waals surface area contributed by atoms with Crippen molar-refractivity contribution in [3.8, 4) is 0 Å². The van der Waals surface area contributed by atoms with Crippen molar-refractivity contribution < 1.29 is 33.2 Å². The van der Waals surface area contributed by atoms with Crippen LogP contribution in [0.15, 0.2) is 48.5 Å². The van der Waals surface area contributed by atoms with Crippen molar-refractivity contribution in [2.24, 2.45) is 0 Å². The second-order valence-corrected chi connectivity index (χ2v) is 9.49. The van der Waals surface area contributed by atoms with Crippen LogP contribution in [0.25, 0.3) is 0 Å². The number of hydrogen-bond donors (Lipinski definition) is 0. The normalized spacial score (nSPS) is 21.0. The quantitative estimate of drug-likeness (QED) is 0.442. The van der Waals surface area contributed by atoms with E-state index in [4.69, 9.17) is 9.47 Å². The molecule has 3 heterocycles. The monoisotopic (exact) mass is 526 g/mol. The zero-order chi connectivity index (χ0) is 26.9. The average Bonchev–Trinajstić information content (AvgIpc) is 3.31. The molecule has 200 valence electrons. The lowest BCUT2D eigenvalue weighted by atomic mass is 9.96. The number of likely N-dealkylation sites (tertiary alicyclic amines) is 1. The van der Waals surface area contributed by atoms with Crippen molar-refractivity contribution in [2.45, 2.75) is 24.6 Å². The predicted molar refractivity (Wildman–Crippen MR) is 131 cm³/mol. The van der Waals surface area contributed by atoms with Crippen molar-refractivity contribution in [1.82, 2.24) is 14.7 Å². The van der Waals surface area contributed by atoms with E-state index in [1.54, 1.807) is 9.80 Å². The average molecular weight is 527 g/mol. The van der Waals surface area contributed by atoms with E-state index in [0.29, 0.717) is 26.3 Å². The third-order valence-electron chi connectivity index (χ3n) is 7.31. The first-order valence-electron chi connectivity index (χ1n) is 12.4. The van der Waals surface area contributed by atoms with E-state index in [1.165, 1.54) is 53.4 Å². The van der Waals surface area contributed by atoms with Crippen LogP contribution in [-0.2, 0) is 14.3 Å². The number of nitrogens with zero attached hydrogens (tertiary/aromatic N) is 4. The van der Waals surface area contributed by atoms with E-state index in [9.17, 15) is 28.9 Å². The third kappa shape index (κ3) is 4.84. The molecule has 0 radical (unpaired) electrons.